The number of alkyl halides is 3. The fourth-order valence-corrected chi connectivity index (χ4v) is 1.30. The first-order valence-electron chi connectivity index (χ1n) is 5.30. The van der Waals surface area contributed by atoms with Crippen molar-refractivity contribution in [1.82, 2.24) is 0 Å². The molecule has 0 aliphatic rings. The Bertz CT molecular complexity index is 623. The van der Waals surface area contributed by atoms with Crippen molar-refractivity contribution < 1.29 is 23.1 Å². The first-order chi connectivity index (χ1) is 9.34. The molecule has 1 N–H and O–H groups in total. The number of nitrogens with zero attached hydrogens (tertiary/aromatic N) is 3. The first kappa shape index (κ1) is 15.4. The monoisotopic (exact) mass is 283 g/mol. The molecule has 0 aromatic heterocycles. The van der Waals surface area contributed by atoms with Crippen molar-refractivity contribution in [3.05, 3.63) is 45.3 Å². The van der Waals surface area contributed by atoms with Crippen LogP contribution in [0.3, 0.4) is 0 Å². The second-order valence-electron chi connectivity index (χ2n) is 3.61. The number of hydrogen-bond acceptors (Lipinski definition) is 2. The Morgan fingerprint density at radius 2 is 2.10 bits per heavy atom. The summed E-state index contributed by atoms with van der Waals surface area (Å²) in [5.41, 5.74) is 6.41. The summed E-state index contributed by atoms with van der Waals surface area (Å²) in [5, 5.41) is 12.0. The quantitative estimate of drug-likeness (QED) is 0.303. The number of aromatic carboxylic acids is 1. The van der Waals surface area contributed by atoms with Gasteiger partial charge in [0.2, 0.25) is 0 Å². The van der Waals surface area contributed by atoms with Gasteiger partial charge in [-0.05, 0) is 23.7 Å². The van der Waals surface area contributed by atoms with Crippen molar-refractivity contribution in [3.8, 4) is 11.8 Å². The normalized spacial score (nSPS) is 10.2. The molecule has 0 heterocycles. The van der Waals surface area contributed by atoms with Crippen LogP contribution in [0.15, 0.2) is 23.3 Å². The van der Waals surface area contributed by atoms with Gasteiger partial charge in [-0.15, -0.1) is 0 Å². The van der Waals surface area contributed by atoms with E-state index in [1.807, 2.05) is 0 Å². The lowest BCUT2D eigenvalue weighted by atomic mass is 10.1. The molecule has 0 aliphatic carbocycles. The maximum Gasteiger partial charge on any atom is 0.416 e. The summed E-state index contributed by atoms with van der Waals surface area (Å²) in [4.78, 5) is 13.3. The zero-order chi connectivity index (χ0) is 15.2. The molecule has 5 nitrogen and oxygen atoms in total. The summed E-state index contributed by atoms with van der Waals surface area (Å²) < 4.78 is 37.8. The molecule has 0 fully saturated rings. The largest absolute Gasteiger partial charge is 0.478 e. The molecule has 0 bridgehead atoms. The molecular weight excluding hydrogens is 275 g/mol. The van der Waals surface area contributed by atoms with Crippen LogP contribution in [0, 0.1) is 11.8 Å². The van der Waals surface area contributed by atoms with Crippen LogP contribution in [0.2, 0.25) is 0 Å². The van der Waals surface area contributed by atoms with E-state index in [1.54, 1.807) is 0 Å². The van der Waals surface area contributed by atoms with E-state index in [4.69, 9.17) is 10.6 Å². The fourth-order valence-electron chi connectivity index (χ4n) is 1.30. The molecule has 1 rings (SSSR count). The smallest absolute Gasteiger partial charge is 0.416 e. The summed E-state index contributed by atoms with van der Waals surface area (Å²) in [6, 6.07) is 2.37. The van der Waals surface area contributed by atoms with Crippen molar-refractivity contribution in [2.24, 2.45) is 5.11 Å². The van der Waals surface area contributed by atoms with Gasteiger partial charge in [-0.25, -0.2) is 4.79 Å². The van der Waals surface area contributed by atoms with Crippen LogP contribution < -0.4 is 0 Å². The molecule has 0 saturated carbocycles. The van der Waals surface area contributed by atoms with E-state index in [1.165, 1.54) is 0 Å². The molecule has 0 amide bonds. The summed E-state index contributed by atoms with van der Waals surface area (Å²) in [6.45, 7) is 0.0915. The molecule has 0 atom stereocenters. The molecule has 0 radical (unpaired) electrons. The number of rotatable bonds is 3. The highest BCUT2D eigenvalue weighted by Crippen LogP contribution is 2.30. The Balaban J connectivity index is 3.09. The SMILES string of the molecule is [N-]=[N+]=NCCC#Cc1cc(C(=O)O)cc(C(F)(F)F)c1. The zero-order valence-electron chi connectivity index (χ0n) is 9.98. The van der Waals surface area contributed by atoms with Crippen LogP contribution >= 0.6 is 0 Å². The van der Waals surface area contributed by atoms with Crippen molar-refractivity contribution in [1.29, 1.82) is 0 Å². The van der Waals surface area contributed by atoms with Gasteiger partial charge < -0.3 is 5.11 Å². The molecule has 1 aromatic rings. The van der Waals surface area contributed by atoms with Crippen LogP contribution in [0.5, 0.6) is 0 Å². The Hall–Kier alpha value is -2.65. The van der Waals surface area contributed by atoms with Crippen LogP contribution in [0.4, 0.5) is 13.2 Å². The minimum absolute atomic E-state index is 0.0573. The van der Waals surface area contributed by atoms with Crippen molar-refractivity contribution in [2.75, 3.05) is 6.54 Å². The number of carboxylic acid groups (broad SMARTS) is 1. The third-order valence-corrected chi connectivity index (χ3v) is 2.14. The lowest BCUT2D eigenvalue weighted by molar-refractivity contribution is -0.137. The second-order valence-corrected chi connectivity index (χ2v) is 3.61. The van der Waals surface area contributed by atoms with Gasteiger partial charge in [-0.2, -0.15) is 13.2 Å². The highest BCUT2D eigenvalue weighted by molar-refractivity contribution is 5.88. The molecule has 8 heteroatoms. The summed E-state index contributed by atoms with van der Waals surface area (Å²) in [7, 11) is 0. The lowest BCUT2D eigenvalue weighted by Gasteiger charge is -2.08. The molecular formula is C12H8F3N3O2. The number of benzene rings is 1. The number of carbonyl (C=O) groups is 1. The third kappa shape index (κ3) is 4.55. The van der Waals surface area contributed by atoms with E-state index in [-0.39, 0.29) is 18.5 Å². The highest BCUT2D eigenvalue weighted by Gasteiger charge is 2.31. The molecule has 0 saturated heterocycles. The highest BCUT2D eigenvalue weighted by atomic mass is 19.4. The summed E-state index contributed by atoms with van der Waals surface area (Å²) in [6.07, 6.45) is -4.48. The van der Waals surface area contributed by atoms with Gasteiger partial charge in [0.05, 0.1) is 11.1 Å². The van der Waals surface area contributed by atoms with E-state index in [0.29, 0.717) is 6.07 Å². The van der Waals surface area contributed by atoms with Crippen molar-refractivity contribution >= 4 is 5.97 Å². The lowest BCUT2D eigenvalue weighted by Crippen LogP contribution is -2.08. The number of azide groups is 1. The predicted octanol–water partition coefficient (Wildman–Crippen LogP) is 3.46. The maximum atomic E-state index is 12.6. The van der Waals surface area contributed by atoms with Gasteiger partial charge in [0.1, 0.15) is 0 Å². The minimum Gasteiger partial charge on any atom is -0.478 e. The van der Waals surface area contributed by atoms with Crippen molar-refractivity contribution in [2.45, 2.75) is 12.6 Å². The van der Waals surface area contributed by atoms with Gasteiger partial charge >= 0.3 is 12.1 Å². The van der Waals surface area contributed by atoms with Gasteiger partial charge in [-0.1, -0.05) is 17.0 Å². The number of halogens is 3. The first-order valence-corrected chi connectivity index (χ1v) is 5.30. The second kappa shape index (κ2) is 6.50. The van der Waals surface area contributed by atoms with Crippen molar-refractivity contribution in [3.63, 3.8) is 0 Å². The third-order valence-electron chi connectivity index (χ3n) is 2.14. The number of carboxylic acids is 1. The average Bonchev–Trinajstić information content (AvgIpc) is 2.37. The fraction of sp³-hybridized carbons (Fsp3) is 0.250. The van der Waals surface area contributed by atoms with E-state index < -0.39 is 23.3 Å². The summed E-state index contributed by atoms with van der Waals surface area (Å²) in [5.74, 6) is 3.46. The zero-order valence-corrected chi connectivity index (χ0v) is 9.98. The van der Waals surface area contributed by atoms with Gasteiger partial charge in [0.25, 0.3) is 0 Å². The number of hydrogen-bond donors (Lipinski definition) is 1. The standard InChI is InChI=1S/C12H8F3N3O2/c13-12(14,15)10-6-8(3-1-2-4-17-18-16)5-9(7-10)11(19)20/h5-7H,2,4H2,(H,19,20). The predicted molar refractivity (Wildman–Crippen MR) is 63.9 cm³/mol. The minimum atomic E-state index is -4.65. The van der Waals surface area contributed by atoms with E-state index in [2.05, 4.69) is 21.9 Å². The molecule has 20 heavy (non-hydrogen) atoms. The molecule has 0 spiro atoms. The molecule has 104 valence electrons. The van der Waals surface area contributed by atoms with Gasteiger partial charge in [0, 0.05) is 23.4 Å². The van der Waals surface area contributed by atoms with Crippen LogP contribution in [-0.2, 0) is 6.18 Å². The molecule has 1 aromatic carbocycles. The van der Waals surface area contributed by atoms with E-state index in [9.17, 15) is 18.0 Å². The average molecular weight is 283 g/mol. The Morgan fingerprint density at radius 1 is 1.40 bits per heavy atom. The van der Waals surface area contributed by atoms with Gasteiger partial charge in [0.15, 0.2) is 0 Å². The van der Waals surface area contributed by atoms with Crippen LogP contribution in [-0.4, -0.2) is 17.6 Å². The molecule has 0 unspecified atom stereocenters. The topological polar surface area (TPSA) is 86.1 Å². The Kier molecular flexibility index (Phi) is 5.01. The Morgan fingerprint density at radius 3 is 2.65 bits per heavy atom. The maximum absolute atomic E-state index is 12.6. The van der Waals surface area contributed by atoms with Gasteiger partial charge in [-0.3, -0.25) is 0 Å². The summed E-state index contributed by atoms with van der Waals surface area (Å²) >= 11 is 0. The Labute approximate surface area is 111 Å². The van der Waals surface area contributed by atoms with Crippen LogP contribution in [0.1, 0.15) is 27.9 Å². The van der Waals surface area contributed by atoms with E-state index in [0.717, 1.165) is 12.1 Å². The van der Waals surface area contributed by atoms with E-state index >= 15 is 0 Å². The van der Waals surface area contributed by atoms with Crippen LogP contribution in [0.25, 0.3) is 10.4 Å². The molecule has 0 aliphatic heterocycles.